The summed E-state index contributed by atoms with van der Waals surface area (Å²) in [6, 6.07) is 13.3. The molecule has 0 saturated carbocycles. The molecule has 1 fully saturated rings. The largest absolute Gasteiger partial charge is 0.473 e. The van der Waals surface area contributed by atoms with Gasteiger partial charge in [0.25, 0.3) is 0 Å². The number of piperidine rings is 1. The molecule has 1 aliphatic carbocycles. The number of sulfonamides is 1. The minimum absolute atomic E-state index is 0.0598. The highest BCUT2D eigenvalue weighted by Crippen LogP contribution is 2.28. The number of para-hydroxylation sites is 2. The summed E-state index contributed by atoms with van der Waals surface area (Å²) in [5.74, 6) is 0.490. The summed E-state index contributed by atoms with van der Waals surface area (Å²) in [4.78, 5) is 9.31. The van der Waals surface area contributed by atoms with Gasteiger partial charge in [-0.25, -0.2) is 18.4 Å². The van der Waals surface area contributed by atoms with Crippen LogP contribution in [0.2, 0.25) is 0 Å². The van der Waals surface area contributed by atoms with Crippen LogP contribution in [0.3, 0.4) is 0 Å². The van der Waals surface area contributed by atoms with E-state index in [-0.39, 0.29) is 6.10 Å². The molecule has 0 spiro atoms. The molecule has 2 heterocycles. The minimum atomic E-state index is -3.47. The number of aryl methyl sites for hydroxylation is 2. The van der Waals surface area contributed by atoms with Crippen LogP contribution >= 0.6 is 0 Å². The fourth-order valence-corrected chi connectivity index (χ4v) is 5.90. The third-order valence-electron chi connectivity index (χ3n) is 6.07. The number of hydrogen-bond donors (Lipinski definition) is 0. The topological polar surface area (TPSA) is 72.4 Å². The van der Waals surface area contributed by atoms with Crippen molar-refractivity contribution in [1.29, 1.82) is 0 Å². The number of benzene rings is 2. The fraction of sp³-hybridized carbons (Fsp3) is 0.391. The molecule has 0 amide bonds. The number of nitrogens with zero attached hydrogens (tertiary/aromatic N) is 3. The van der Waals surface area contributed by atoms with Gasteiger partial charge >= 0.3 is 0 Å². The van der Waals surface area contributed by atoms with E-state index in [4.69, 9.17) is 4.74 Å². The monoisotopic (exact) mass is 423 g/mol. The average Bonchev–Trinajstić information content (AvgIpc) is 2.79. The normalized spacial score (nSPS) is 18.3. The van der Waals surface area contributed by atoms with Crippen molar-refractivity contribution in [3.8, 4) is 5.88 Å². The third-order valence-corrected chi connectivity index (χ3v) is 7.97. The predicted molar refractivity (Wildman–Crippen MR) is 115 cm³/mol. The first-order valence-electron chi connectivity index (χ1n) is 10.6. The molecule has 0 atom stereocenters. The van der Waals surface area contributed by atoms with Crippen molar-refractivity contribution < 1.29 is 13.2 Å². The van der Waals surface area contributed by atoms with E-state index in [1.165, 1.54) is 17.5 Å². The lowest BCUT2D eigenvalue weighted by Gasteiger charge is -2.31. The zero-order valence-corrected chi connectivity index (χ0v) is 17.6. The predicted octanol–water partition coefficient (Wildman–Crippen LogP) is 3.74. The Bertz CT molecular complexity index is 1170. The Morgan fingerprint density at radius 3 is 2.47 bits per heavy atom. The maximum atomic E-state index is 13.1. The van der Waals surface area contributed by atoms with Crippen molar-refractivity contribution >= 4 is 21.1 Å². The van der Waals surface area contributed by atoms with Gasteiger partial charge in [0.1, 0.15) is 6.10 Å². The zero-order chi connectivity index (χ0) is 20.6. The molecule has 7 heteroatoms. The van der Waals surface area contributed by atoms with E-state index in [1.807, 2.05) is 36.4 Å². The van der Waals surface area contributed by atoms with Crippen molar-refractivity contribution in [3.63, 3.8) is 0 Å². The quantitative estimate of drug-likeness (QED) is 0.639. The van der Waals surface area contributed by atoms with Crippen LogP contribution in [-0.4, -0.2) is 41.9 Å². The van der Waals surface area contributed by atoms with Gasteiger partial charge in [-0.05, 0) is 73.9 Å². The van der Waals surface area contributed by atoms with Gasteiger partial charge in [0.15, 0.2) is 0 Å². The Kier molecular flexibility index (Phi) is 5.16. The van der Waals surface area contributed by atoms with E-state index in [0.717, 1.165) is 30.3 Å². The molecular weight excluding hydrogens is 398 g/mol. The lowest BCUT2D eigenvalue weighted by atomic mass is 9.92. The molecule has 0 radical (unpaired) electrons. The zero-order valence-electron chi connectivity index (χ0n) is 16.8. The van der Waals surface area contributed by atoms with Gasteiger partial charge in [-0.3, -0.25) is 0 Å². The lowest BCUT2D eigenvalue weighted by molar-refractivity contribution is 0.130. The summed E-state index contributed by atoms with van der Waals surface area (Å²) < 4.78 is 33.9. The van der Waals surface area contributed by atoms with Crippen LogP contribution in [0.15, 0.2) is 53.6 Å². The van der Waals surface area contributed by atoms with Crippen LogP contribution in [0.1, 0.15) is 36.8 Å². The first-order valence-corrected chi connectivity index (χ1v) is 12.0. The van der Waals surface area contributed by atoms with Crippen molar-refractivity contribution in [2.75, 3.05) is 13.1 Å². The number of rotatable bonds is 4. The Morgan fingerprint density at radius 2 is 1.67 bits per heavy atom. The molecule has 0 unspecified atom stereocenters. The van der Waals surface area contributed by atoms with Crippen molar-refractivity contribution in [2.24, 2.45) is 0 Å². The molecular formula is C23H25N3O3S. The van der Waals surface area contributed by atoms with Gasteiger partial charge in [-0.1, -0.05) is 18.2 Å². The van der Waals surface area contributed by atoms with Crippen LogP contribution in [0.25, 0.3) is 11.0 Å². The van der Waals surface area contributed by atoms with Gasteiger partial charge < -0.3 is 4.74 Å². The second-order valence-corrected chi connectivity index (χ2v) is 9.99. The smallest absolute Gasteiger partial charge is 0.243 e. The van der Waals surface area contributed by atoms with Gasteiger partial charge in [0.05, 0.1) is 22.1 Å². The molecule has 0 N–H and O–H groups in total. The fourth-order valence-electron chi connectivity index (χ4n) is 4.38. The molecule has 1 saturated heterocycles. The summed E-state index contributed by atoms with van der Waals surface area (Å²) in [7, 11) is -3.47. The molecule has 5 rings (SSSR count). The molecule has 2 aromatic carbocycles. The number of ether oxygens (including phenoxy) is 1. The minimum Gasteiger partial charge on any atom is -0.473 e. The third kappa shape index (κ3) is 3.79. The van der Waals surface area contributed by atoms with E-state index >= 15 is 0 Å². The second-order valence-electron chi connectivity index (χ2n) is 8.06. The van der Waals surface area contributed by atoms with Crippen molar-refractivity contribution in [1.82, 2.24) is 14.3 Å². The maximum absolute atomic E-state index is 13.1. The average molecular weight is 424 g/mol. The van der Waals surface area contributed by atoms with E-state index < -0.39 is 10.0 Å². The van der Waals surface area contributed by atoms with Crippen LogP contribution in [0.4, 0.5) is 0 Å². The molecule has 6 nitrogen and oxygen atoms in total. The van der Waals surface area contributed by atoms with Crippen LogP contribution in [0, 0.1) is 0 Å². The maximum Gasteiger partial charge on any atom is 0.243 e. The van der Waals surface area contributed by atoms with E-state index in [2.05, 4.69) is 9.97 Å². The summed E-state index contributed by atoms with van der Waals surface area (Å²) >= 11 is 0. The standard InChI is InChI=1S/C23H25N3O3S/c27-30(28,20-10-9-17-5-1-2-6-18(17)15-20)26-13-11-19(12-14-26)29-23-16-24-21-7-3-4-8-22(21)25-23/h3-4,7-10,15-16,19H,1-2,5-6,11-14H2. The Balaban J connectivity index is 1.25. The summed E-state index contributed by atoms with van der Waals surface area (Å²) in [6.45, 7) is 0.899. The molecule has 2 aliphatic rings. The highest BCUT2D eigenvalue weighted by atomic mass is 32.2. The molecule has 1 aliphatic heterocycles. The molecule has 3 aromatic rings. The Morgan fingerprint density at radius 1 is 0.933 bits per heavy atom. The first-order chi connectivity index (χ1) is 14.6. The lowest BCUT2D eigenvalue weighted by Crippen LogP contribution is -2.41. The van der Waals surface area contributed by atoms with E-state index in [1.54, 1.807) is 16.6 Å². The molecule has 1 aromatic heterocycles. The molecule has 156 valence electrons. The number of aromatic nitrogens is 2. The molecule has 30 heavy (non-hydrogen) atoms. The van der Waals surface area contributed by atoms with Crippen molar-refractivity contribution in [3.05, 3.63) is 59.8 Å². The highest BCUT2D eigenvalue weighted by molar-refractivity contribution is 7.89. The first kappa shape index (κ1) is 19.5. The number of fused-ring (bicyclic) bond motifs is 2. The van der Waals surface area contributed by atoms with Crippen molar-refractivity contribution in [2.45, 2.75) is 49.5 Å². The summed E-state index contributed by atoms with van der Waals surface area (Å²) in [5, 5.41) is 0. The summed E-state index contributed by atoms with van der Waals surface area (Å²) in [6.07, 6.45) is 7.20. The Labute approximate surface area is 177 Å². The number of hydrogen-bond acceptors (Lipinski definition) is 5. The van der Waals surface area contributed by atoms with Gasteiger partial charge in [0.2, 0.25) is 15.9 Å². The Hall–Kier alpha value is -2.51. The highest BCUT2D eigenvalue weighted by Gasteiger charge is 2.31. The van der Waals surface area contributed by atoms with Gasteiger partial charge in [0, 0.05) is 13.1 Å². The van der Waals surface area contributed by atoms with Gasteiger partial charge in [-0.2, -0.15) is 4.31 Å². The molecule has 0 bridgehead atoms. The van der Waals surface area contributed by atoms with Crippen LogP contribution in [0.5, 0.6) is 5.88 Å². The van der Waals surface area contributed by atoms with E-state index in [0.29, 0.717) is 36.7 Å². The van der Waals surface area contributed by atoms with Crippen LogP contribution in [-0.2, 0) is 22.9 Å². The van der Waals surface area contributed by atoms with E-state index in [9.17, 15) is 8.42 Å². The van der Waals surface area contributed by atoms with Crippen LogP contribution < -0.4 is 4.74 Å². The van der Waals surface area contributed by atoms with Gasteiger partial charge in [-0.15, -0.1) is 0 Å². The SMILES string of the molecule is O=S(=O)(c1ccc2c(c1)CCCC2)N1CCC(Oc2cnc3ccccc3n2)CC1. The second kappa shape index (κ2) is 7.96. The summed E-state index contributed by atoms with van der Waals surface area (Å²) in [5.41, 5.74) is 4.11.